The molecule has 2 aromatic heterocycles. The summed E-state index contributed by atoms with van der Waals surface area (Å²) in [6, 6.07) is 14.3. The van der Waals surface area contributed by atoms with Crippen molar-refractivity contribution in [2.24, 2.45) is 0 Å². The lowest BCUT2D eigenvalue weighted by Gasteiger charge is -2.10. The summed E-state index contributed by atoms with van der Waals surface area (Å²) in [5, 5.41) is 3.15. The average molecular weight is 509 g/mol. The van der Waals surface area contributed by atoms with E-state index < -0.39 is 49.4 Å². The van der Waals surface area contributed by atoms with Gasteiger partial charge in [0.2, 0.25) is 0 Å². The number of rotatable bonds is 4. The lowest BCUT2D eigenvalue weighted by Crippen LogP contribution is -2.36. The molecule has 0 atom stereocenters. The summed E-state index contributed by atoms with van der Waals surface area (Å²) in [6.45, 7) is 1.25. The van der Waals surface area contributed by atoms with Crippen molar-refractivity contribution >= 4 is 33.2 Å². The Morgan fingerprint density at radius 2 is 1.82 bits per heavy atom. The Morgan fingerprint density at radius 1 is 1.18 bits per heavy atom. The number of aryl methyl sites for hydroxylation is 1. The van der Waals surface area contributed by atoms with Crippen LogP contribution in [0.3, 0.4) is 0 Å². The highest BCUT2D eigenvalue weighted by molar-refractivity contribution is 7.90. The van der Waals surface area contributed by atoms with Crippen molar-refractivity contribution in [1.29, 1.82) is 0 Å². The number of aromatic nitrogens is 3. The molecule has 0 saturated carbocycles. The third-order valence-electron chi connectivity index (χ3n) is 4.77. The normalized spacial score (nSPS) is 11.9. The smallest absolute Gasteiger partial charge is 0.342 e. The van der Waals surface area contributed by atoms with Crippen LogP contribution in [0.25, 0.3) is 16.8 Å². The van der Waals surface area contributed by atoms with E-state index in [-0.39, 0.29) is 21.9 Å². The van der Waals surface area contributed by atoms with Gasteiger partial charge in [0.15, 0.2) is 5.69 Å². The fourth-order valence-corrected chi connectivity index (χ4v) is 4.72. The molecule has 4 rings (SSSR count). The van der Waals surface area contributed by atoms with Crippen LogP contribution in [0.15, 0.2) is 52.2 Å². The van der Waals surface area contributed by atoms with E-state index in [4.69, 9.17) is 11.6 Å². The lowest BCUT2D eigenvalue weighted by molar-refractivity contribution is -0.140. The van der Waals surface area contributed by atoms with Crippen LogP contribution in [-0.2, 0) is 16.2 Å². The molecule has 0 radical (unpaired) electrons. The van der Waals surface area contributed by atoms with E-state index in [0.717, 1.165) is 12.1 Å². The number of amides is 1. The van der Waals surface area contributed by atoms with E-state index in [1.807, 2.05) is 0 Å². The van der Waals surface area contributed by atoms with E-state index in [1.54, 1.807) is 10.8 Å². The number of nitrogens with zero attached hydrogens (tertiary/aromatic N) is 2. The van der Waals surface area contributed by atoms with Gasteiger partial charge in [-0.05, 0) is 12.5 Å². The molecule has 0 aliphatic heterocycles. The van der Waals surface area contributed by atoms with Crippen LogP contribution in [0.1, 0.15) is 21.7 Å². The first-order chi connectivity index (χ1) is 15.9. The van der Waals surface area contributed by atoms with Crippen LogP contribution in [0.2, 0.25) is 5.02 Å². The van der Waals surface area contributed by atoms with Crippen LogP contribution < -0.4 is 10.3 Å². The summed E-state index contributed by atoms with van der Waals surface area (Å²) >= 11 is 5.83. The van der Waals surface area contributed by atoms with Crippen LogP contribution in [0.5, 0.6) is 0 Å². The van der Waals surface area contributed by atoms with Crippen LogP contribution in [0, 0.1) is 19.1 Å². The SMILES string of the molecule is Cc1[nH]c2c(-c3ccccc3)c(C(F)(F)F)nn2c(=O)c1C(=O)NS(=O)(=O)c1cc#ccc1Cl. The Morgan fingerprint density at radius 3 is 2.44 bits per heavy atom. The molecule has 2 N–H and O–H groups in total. The number of carbonyl (C=O) groups excluding carboxylic acids is 1. The van der Waals surface area contributed by atoms with Gasteiger partial charge in [-0.2, -0.15) is 22.8 Å². The highest BCUT2D eigenvalue weighted by Crippen LogP contribution is 2.38. The molecule has 1 amide bonds. The number of halogens is 4. The molecular weight excluding hydrogens is 497 g/mol. The molecule has 0 saturated heterocycles. The number of hydrogen-bond donors (Lipinski definition) is 2. The van der Waals surface area contributed by atoms with Crippen molar-refractivity contribution in [2.75, 3.05) is 0 Å². The van der Waals surface area contributed by atoms with E-state index in [1.165, 1.54) is 31.2 Å². The molecule has 0 fully saturated rings. The minimum atomic E-state index is -4.92. The zero-order chi connectivity index (χ0) is 24.8. The molecule has 2 aromatic carbocycles. The van der Waals surface area contributed by atoms with Gasteiger partial charge in [-0.15, -0.1) is 0 Å². The van der Waals surface area contributed by atoms with Crippen molar-refractivity contribution in [3.8, 4) is 11.1 Å². The third kappa shape index (κ3) is 4.00. The van der Waals surface area contributed by atoms with E-state index >= 15 is 0 Å². The summed E-state index contributed by atoms with van der Waals surface area (Å²) < 4.78 is 68.4. The predicted octanol–water partition coefficient (Wildman–Crippen LogP) is 3.39. The van der Waals surface area contributed by atoms with E-state index in [0.29, 0.717) is 4.52 Å². The van der Waals surface area contributed by atoms with Gasteiger partial charge in [0.25, 0.3) is 21.5 Å². The number of H-pyrrole nitrogens is 1. The number of aromatic amines is 1. The maximum atomic E-state index is 13.7. The van der Waals surface area contributed by atoms with Crippen molar-refractivity contribution < 1.29 is 26.4 Å². The standard InChI is InChI=1S/C21H12ClF3N4O4S/c1-11-15(19(30)28-34(32,33)14-10-6-5-9-13(14)22)20(31)29-18(26-11)16(12-7-3-2-4-8-12)17(27-29)21(23,24)25/h2-4,7-10,26H,1H3,(H,28,30). The molecular formula is C21H12ClF3N4O4S. The Bertz CT molecular complexity index is 1600. The molecule has 4 aromatic rings. The molecule has 13 heteroatoms. The quantitative estimate of drug-likeness (QED) is 0.439. The number of hydrogen-bond acceptors (Lipinski definition) is 5. The molecule has 0 spiro atoms. The summed E-state index contributed by atoms with van der Waals surface area (Å²) in [5.74, 6) is -1.38. The fourth-order valence-electron chi connectivity index (χ4n) is 3.32. The zero-order valence-electron chi connectivity index (χ0n) is 17.0. The third-order valence-corrected chi connectivity index (χ3v) is 6.56. The Balaban J connectivity index is 1.89. The Kier molecular flexibility index (Phi) is 5.63. The van der Waals surface area contributed by atoms with Gasteiger partial charge in [0.05, 0.1) is 10.6 Å². The molecule has 174 valence electrons. The van der Waals surface area contributed by atoms with Gasteiger partial charge in [-0.25, -0.2) is 13.1 Å². The van der Waals surface area contributed by atoms with Gasteiger partial charge in [0.1, 0.15) is 16.1 Å². The number of carbonyl (C=O) groups is 1. The highest BCUT2D eigenvalue weighted by atomic mass is 35.5. The molecule has 0 unspecified atom stereocenters. The van der Waals surface area contributed by atoms with Crippen LogP contribution >= 0.6 is 11.6 Å². The second kappa shape index (κ2) is 8.19. The first-order valence-corrected chi connectivity index (χ1v) is 11.2. The fraction of sp³-hybridized carbons (Fsp3) is 0.0952. The topological polar surface area (TPSA) is 113 Å². The molecule has 8 nitrogen and oxygen atoms in total. The second-order valence-electron chi connectivity index (χ2n) is 7.00. The summed E-state index contributed by atoms with van der Waals surface area (Å²) in [7, 11) is -4.54. The first kappa shape index (κ1) is 23.3. The Hall–Kier alpha value is -3.82. The number of sulfonamides is 1. The largest absolute Gasteiger partial charge is 0.435 e. The molecule has 2 heterocycles. The van der Waals surface area contributed by atoms with Gasteiger partial charge < -0.3 is 4.98 Å². The second-order valence-corrected chi connectivity index (χ2v) is 9.06. The molecule has 0 aliphatic carbocycles. The number of nitrogens with one attached hydrogen (secondary N) is 2. The zero-order valence-corrected chi connectivity index (χ0v) is 18.6. The van der Waals surface area contributed by atoms with Gasteiger partial charge in [-0.1, -0.05) is 54.1 Å². The van der Waals surface area contributed by atoms with Crippen molar-refractivity contribution in [3.05, 3.63) is 86.9 Å². The summed E-state index contributed by atoms with van der Waals surface area (Å²) in [6.07, 6.45) is -4.92. The van der Waals surface area contributed by atoms with E-state index in [9.17, 15) is 31.2 Å². The van der Waals surface area contributed by atoms with Crippen molar-refractivity contribution in [3.63, 3.8) is 0 Å². The summed E-state index contributed by atoms with van der Waals surface area (Å²) in [4.78, 5) is 27.9. The van der Waals surface area contributed by atoms with Gasteiger partial charge >= 0.3 is 6.18 Å². The number of fused-ring (bicyclic) bond motifs is 1. The lowest BCUT2D eigenvalue weighted by atomic mass is 10.1. The average Bonchev–Trinajstić information content (AvgIpc) is 3.14. The maximum Gasteiger partial charge on any atom is 0.435 e. The minimum Gasteiger partial charge on any atom is -0.342 e. The summed E-state index contributed by atoms with van der Waals surface area (Å²) in [5.41, 5.74) is -4.08. The van der Waals surface area contributed by atoms with Gasteiger partial charge in [-0.3, -0.25) is 9.59 Å². The molecule has 0 aliphatic rings. The maximum absolute atomic E-state index is 13.7. The van der Waals surface area contributed by atoms with Crippen molar-refractivity contribution in [1.82, 2.24) is 19.3 Å². The van der Waals surface area contributed by atoms with Crippen molar-refractivity contribution in [2.45, 2.75) is 18.0 Å². The first-order valence-electron chi connectivity index (χ1n) is 9.34. The van der Waals surface area contributed by atoms with Gasteiger partial charge in [0, 0.05) is 17.8 Å². The monoisotopic (exact) mass is 508 g/mol. The molecule has 34 heavy (non-hydrogen) atoms. The predicted molar refractivity (Wildman–Crippen MR) is 115 cm³/mol. The van der Waals surface area contributed by atoms with Crippen LogP contribution in [-0.4, -0.2) is 28.9 Å². The Labute approximate surface area is 195 Å². The van der Waals surface area contributed by atoms with E-state index in [2.05, 4.69) is 22.2 Å². The minimum absolute atomic E-state index is 0.131. The highest BCUT2D eigenvalue weighted by Gasteiger charge is 2.39. The number of alkyl halides is 3. The van der Waals surface area contributed by atoms with Crippen LogP contribution in [0.4, 0.5) is 13.2 Å². The molecule has 0 bridgehead atoms. The number of benzene rings is 1.